The minimum Gasteiger partial charge on any atom is -0.481 e. The predicted octanol–water partition coefficient (Wildman–Crippen LogP) is 1.17. The molecule has 0 spiro atoms. The summed E-state index contributed by atoms with van der Waals surface area (Å²) < 4.78 is 6.77. The monoisotopic (exact) mass is 350 g/mol. The van der Waals surface area contributed by atoms with E-state index in [9.17, 15) is 9.59 Å². The number of ether oxygens (including phenoxy) is 1. The van der Waals surface area contributed by atoms with Crippen LogP contribution in [0.15, 0.2) is 35.4 Å². The Morgan fingerprint density at radius 2 is 2.08 bits per heavy atom. The molecular weight excluding hydrogens is 332 g/mol. The number of benzene rings is 1. The van der Waals surface area contributed by atoms with Crippen molar-refractivity contribution in [1.82, 2.24) is 20.3 Å². The molecule has 0 bridgehead atoms. The van der Waals surface area contributed by atoms with E-state index in [1.54, 1.807) is 18.7 Å². The SMILES string of the molecule is CSc1ccc(OC(C)C(=O)NCc2cn(CC(=O)O)nn2)cc1. The molecule has 0 saturated carbocycles. The molecule has 1 aromatic heterocycles. The van der Waals surface area contributed by atoms with Crippen LogP contribution in [0.25, 0.3) is 0 Å². The minimum absolute atomic E-state index is 0.150. The van der Waals surface area contributed by atoms with Crippen molar-refractivity contribution in [2.24, 2.45) is 0 Å². The zero-order valence-corrected chi connectivity index (χ0v) is 14.1. The average Bonchev–Trinajstić information content (AvgIpc) is 3.00. The molecule has 9 heteroatoms. The third kappa shape index (κ3) is 5.27. The van der Waals surface area contributed by atoms with Crippen molar-refractivity contribution in [1.29, 1.82) is 0 Å². The van der Waals surface area contributed by atoms with Gasteiger partial charge in [-0.3, -0.25) is 9.59 Å². The summed E-state index contributed by atoms with van der Waals surface area (Å²) in [6, 6.07) is 7.47. The third-order valence-corrected chi connectivity index (χ3v) is 3.81. The van der Waals surface area contributed by atoms with Gasteiger partial charge >= 0.3 is 5.97 Å². The maximum Gasteiger partial charge on any atom is 0.325 e. The second-order valence-electron chi connectivity index (χ2n) is 4.95. The van der Waals surface area contributed by atoms with Crippen LogP contribution < -0.4 is 10.1 Å². The summed E-state index contributed by atoms with van der Waals surface area (Å²) in [5.74, 6) is -0.690. The zero-order valence-electron chi connectivity index (χ0n) is 13.3. The number of nitrogens with zero attached hydrogens (tertiary/aromatic N) is 3. The van der Waals surface area contributed by atoms with Crippen LogP contribution in [-0.2, 0) is 22.7 Å². The number of carboxylic acid groups (broad SMARTS) is 1. The molecular formula is C15H18N4O4S. The van der Waals surface area contributed by atoms with Crippen LogP contribution in [0, 0.1) is 0 Å². The molecule has 0 aliphatic rings. The van der Waals surface area contributed by atoms with E-state index >= 15 is 0 Å². The number of nitrogens with one attached hydrogen (secondary N) is 1. The van der Waals surface area contributed by atoms with Gasteiger partial charge in [-0.25, -0.2) is 4.68 Å². The fourth-order valence-corrected chi connectivity index (χ4v) is 2.28. The topological polar surface area (TPSA) is 106 Å². The number of carbonyl (C=O) groups is 2. The highest BCUT2D eigenvalue weighted by molar-refractivity contribution is 7.98. The fourth-order valence-electron chi connectivity index (χ4n) is 1.87. The summed E-state index contributed by atoms with van der Waals surface area (Å²) in [5, 5.41) is 18.8. The van der Waals surface area contributed by atoms with Crippen LogP contribution in [0.5, 0.6) is 5.75 Å². The van der Waals surface area contributed by atoms with Gasteiger partial charge in [-0.15, -0.1) is 16.9 Å². The molecule has 0 fully saturated rings. The number of aliphatic carboxylic acids is 1. The van der Waals surface area contributed by atoms with E-state index in [2.05, 4.69) is 15.6 Å². The van der Waals surface area contributed by atoms with Gasteiger partial charge in [0.15, 0.2) is 6.10 Å². The summed E-state index contributed by atoms with van der Waals surface area (Å²) in [5.41, 5.74) is 0.473. The summed E-state index contributed by atoms with van der Waals surface area (Å²) in [7, 11) is 0. The van der Waals surface area contributed by atoms with Gasteiger partial charge in [0.1, 0.15) is 18.0 Å². The lowest BCUT2D eigenvalue weighted by Gasteiger charge is -2.14. The first-order valence-corrected chi connectivity index (χ1v) is 8.39. The van der Waals surface area contributed by atoms with Crippen molar-refractivity contribution < 1.29 is 19.4 Å². The van der Waals surface area contributed by atoms with Crippen LogP contribution in [0.2, 0.25) is 0 Å². The third-order valence-electron chi connectivity index (χ3n) is 3.07. The van der Waals surface area contributed by atoms with Gasteiger partial charge in [0.05, 0.1) is 12.7 Å². The first-order chi connectivity index (χ1) is 11.5. The Morgan fingerprint density at radius 3 is 2.71 bits per heavy atom. The second-order valence-corrected chi connectivity index (χ2v) is 5.83. The average molecular weight is 350 g/mol. The molecule has 0 aliphatic heterocycles. The highest BCUT2D eigenvalue weighted by atomic mass is 32.2. The Labute approximate surface area is 143 Å². The number of rotatable bonds is 8. The van der Waals surface area contributed by atoms with E-state index in [0.29, 0.717) is 11.4 Å². The van der Waals surface area contributed by atoms with Crippen molar-refractivity contribution in [3.8, 4) is 5.75 Å². The lowest BCUT2D eigenvalue weighted by atomic mass is 10.3. The number of aromatic nitrogens is 3. The Morgan fingerprint density at radius 1 is 1.38 bits per heavy atom. The largest absolute Gasteiger partial charge is 0.481 e. The molecule has 24 heavy (non-hydrogen) atoms. The van der Waals surface area contributed by atoms with Crippen LogP contribution >= 0.6 is 11.8 Å². The Balaban J connectivity index is 1.82. The number of carbonyl (C=O) groups excluding carboxylic acids is 1. The lowest BCUT2D eigenvalue weighted by molar-refractivity contribution is -0.138. The molecule has 1 unspecified atom stereocenters. The predicted molar refractivity (Wildman–Crippen MR) is 87.8 cm³/mol. The molecule has 2 aromatic rings. The van der Waals surface area contributed by atoms with Crippen molar-refractivity contribution in [3.63, 3.8) is 0 Å². The quantitative estimate of drug-likeness (QED) is 0.688. The smallest absolute Gasteiger partial charge is 0.325 e. The number of thioether (sulfide) groups is 1. The number of amides is 1. The number of hydrogen-bond acceptors (Lipinski definition) is 6. The number of carboxylic acids is 1. The first-order valence-electron chi connectivity index (χ1n) is 7.17. The molecule has 8 nitrogen and oxygen atoms in total. The molecule has 2 N–H and O–H groups in total. The molecule has 0 radical (unpaired) electrons. The van der Waals surface area contributed by atoms with E-state index < -0.39 is 12.1 Å². The molecule has 0 aliphatic carbocycles. The van der Waals surface area contributed by atoms with Crippen LogP contribution in [-0.4, -0.2) is 44.3 Å². The lowest BCUT2D eigenvalue weighted by Crippen LogP contribution is -2.36. The van der Waals surface area contributed by atoms with Crippen LogP contribution in [0.4, 0.5) is 0 Å². The highest BCUT2D eigenvalue weighted by Gasteiger charge is 2.15. The van der Waals surface area contributed by atoms with Crippen LogP contribution in [0.1, 0.15) is 12.6 Å². The van der Waals surface area contributed by atoms with Crippen molar-refractivity contribution in [3.05, 3.63) is 36.2 Å². The van der Waals surface area contributed by atoms with Crippen molar-refractivity contribution in [2.75, 3.05) is 6.26 Å². The normalized spacial score (nSPS) is 11.8. The van der Waals surface area contributed by atoms with E-state index in [4.69, 9.17) is 9.84 Å². The summed E-state index contributed by atoms with van der Waals surface area (Å²) >= 11 is 1.63. The van der Waals surface area contributed by atoms with Crippen molar-refractivity contribution >= 4 is 23.6 Å². The van der Waals surface area contributed by atoms with E-state index in [1.165, 1.54) is 10.9 Å². The summed E-state index contributed by atoms with van der Waals surface area (Å²) in [4.78, 5) is 23.7. The van der Waals surface area contributed by atoms with Gasteiger partial charge in [-0.05, 0) is 37.4 Å². The van der Waals surface area contributed by atoms with E-state index in [0.717, 1.165) is 4.90 Å². The first kappa shape index (κ1) is 17.8. The standard InChI is InChI=1S/C15H18N4O4S/c1-10(23-12-3-5-13(24-2)6-4-12)15(22)16-7-11-8-19(18-17-11)9-14(20)21/h3-6,8,10H,7,9H2,1-2H3,(H,16,22)(H,20,21). The zero-order chi connectivity index (χ0) is 17.5. The fraction of sp³-hybridized carbons (Fsp3) is 0.333. The summed E-state index contributed by atoms with van der Waals surface area (Å²) in [6.45, 7) is 1.53. The van der Waals surface area contributed by atoms with Crippen LogP contribution in [0.3, 0.4) is 0 Å². The Hall–Kier alpha value is -2.55. The molecule has 128 valence electrons. The minimum atomic E-state index is -1.01. The highest BCUT2D eigenvalue weighted by Crippen LogP contribution is 2.19. The van der Waals surface area contributed by atoms with Gasteiger partial charge in [0.25, 0.3) is 5.91 Å². The van der Waals surface area contributed by atoms with Gasteiger partial charge in [-0.1, -0.05) is 5.21 Å². The van der Waals surface area contributed by atoms with Gasteiger partial charge in [0, 0.05) is 4.90 Å². The molecule has 1 aromatic carbocycles. The maximum atomic E-state index is 12.0. The molecule has 1 atom stereocenters. The molecule has 1 heterocycles. The van der Waals surface area contributed by atoms with E-state index in [1.807, 2.05) is 30.5 Å². The van der Waals surface area contributed by atoms with E-state index in [-0.39, 0.29) is 19.0 Å². The van der Waals surface area contributed by atoms with Crippen molar-refractivity contribution in [2.45, 2.75) is 31.0 Å². The van der Waals surface area contributed by atoms with Gasteiger partial charge < -0.3 is 15.2 Å². The molecule has 1 amide bonds. The number of hydrogen-bond donors (Lipinski definition) is 2. The molecule has 0 saturated heterocycles. The second kappa shape index (κ2) is 8.34. The Bertz CT molecular complexity index is 702. The van der Waals surface area contributed by atoms with Gasteiger partial charge in [-0.2, -0.15) is 0 Å². The maximum absolute atomic E-state index is 12.0. The van der Waals surface area contributed by atoms with Gasteiger partial charge in [0.2, 0.25) is 0 Å². The molecule has 2 rings (SSSR count). The summed E-state index contributed by atoms with van der Waals surface area (Å²) in [6.07, 6.45) is 2.79. The Kier molecular flexibility index (Phi) is 6.19.